The fourth-order valence-corrected chi connectivity index (χ4v) is 2.56. The lowest BCUT2D eigenvalue weighted by molar-refractivity contribution is 0.356. The maximum Gasteiger partial charge on any atom is 0.252 e. The van der Waals surface area contributed by atoms with Gasteiger partial charge < -0.3 is 14.6 Å². The van der Waals surface area contributed by atoms with E-state index in [1.165, 1.54) is 0 Å². The Morgan fingerprint density at radius 3 is 2.89 bits per heavy atom. The van der Waals surface area contributed by atoms with Crippen molar-refractivity contribution in [3.8, 4) is 0 Å². The Morgan fingerprint density at radius 2 is 2.16 bits per heavy atom. The number of oxazole rings is 1. The second-order valence-corrected chi connectivity index (χ2v) is 5.03. The Morgan fingerprint density at radius 1 is 1.32 bits per heavy atom. The van der Waals surface area contributed by atoms with Crippen molar-refractivity contribution in [3.05, 3.63) is 11.7 Å². The number of nitrogens with zero attached hydrogens (tertiary/aromatic N) is 4. The monoisotopic (exact) mass is 261 g/mol. The third-order valence-corrected chi connectivity index (χ3v) is 3.54. The second-order valence-electron chi connectivity index (χ2n) is 5.03. The van der Waals surface area contributed by atoms with Crippen LogP contribution in [-0.4, -0.2) is 45.5 Å². The zero-order valence-electron chi connectivity index (χ0n) is 11.6. The van der Waals surface area contributed by atoms with E-state index in [2.05, 4.69) is 32.1 Å². The molecule has 0 aliphatic carbocycles. The van der Waals surface area contributed by atoms with Gasteiger partial charge in [-0.25, -0.2) is 9.97 Å². The van der Waals surface area contributed by atoms with Gasteiger partial charge in [0.05, 0.1) is 0 Å². The van der Waals surface area contributed by atoms with Crippen LogP contribution in [0, 0.1) is 13.8 Å². The average Bonchev–Trinajstić information content (AvgIpc) is 2.94. The topological polar surface area (TPSA) is 67.1 Å². The van der Waals surface area contributed by atoms with Crippen molar-refractivity contribution in [3.63, 3.8) is 0 Å². The Balaban J connectivity index is 1.88. The maximum atomic E-state index is 5.48. The summed E-state index contributed by atoms with van der Waals surface area (Å²) in [5, 5.41) is 3.49. The van der Waals surface area contributed by atoms with E-state index < -0.39 is 0 Å². The van der Waals surface area contributed by atoms with Crippen LogP contribution in [0.15, 0.2) is 4.42 Å². The van der Waals surface area contributed by atoms with Crippen LogP contribution in [0.3, 0.4) is 0 Å². The highest BCUT2D eigenvalue weighted by Gasteiger charge is 2.23. The minimum atomic E-state index is 0.425. The first-order chi connectivity index (χ1) is 9.15. The van der Waals surface area contributed by atoms with E-state index in [-0.39, 0.29) is 0 Å². The number of anilines is 1. The molecule has 0 radical (unpaired) electrons. The lowest BCUT2D eigenvalue weighted by Crippen LogP contribution is -2.26. The quantitative estimate of drug-likeness (QED) is 0.907. The Kier molecular flexibility index (Phi) is 3.10. The highest BCUT2D eigenvalue weighted by Crippen LogP contribution is 2.22. The third-order valence-electron chi connectivity index (χ3n) is 3.54. The van der Waals surface area contributed by atoms with Crippen LogP contribution in [0.1, 0.15) is 25.1 Å². The van der Waals surface area contributed by atoms with Crippen LogP contribution >= 0.6 is 0 Å². The zero-order chi connectivity index (χ0) is 13.4. The number of nitrogens with one attached hydrogen (secondary N) is 1. The standard InChI is InChI=1S/C13H19N5O/c1-4-18-6-5-10(7-18)17-12-11-13(15-8(2)14-12)19-9(3)16-11/h10H,4-7H2,1-3H3,(H,14,15,17). The number of aromatic nitrogens is 3. The van der Waals surface area contributed by atoms with Crippen molar-refractivity contribution in [2.75, 3.05) is 25.0 Å². The number of aryl methyl sites for hydroxylation is 2. The molecular formula is C13H19N5O. The summed E-state index contributed by atoms with van der Waals surface area (Å²) < 4.78 is 5.48. The summed E-state index contributed by atoms with van der Waals surface area (Å²) in [5.74, 6) is 2.12. The molecule has 3 heterocycles. The molecule has 0 amide bonds. The van der Waals surface area contributed by atoms with E-state index in [4.69, 9.17) is 4.42 Å². The summed E-state index contributed by atoms with van der Waals surface area (Å²) in [6, 6.07) is 0.425. The predicted octanol–water partition coefficient (Wildman–Crippen LogP) is 1.74. The summed E-state index contributed by atoms with van der Waals surface area (Å²) in [6.07, 6.45) is 1.13. The Bertz CT molecular complexity index is 594. The molecule has 6 heteroatoms. The molecule has 1 aliphatic rings. The molecule has 0 bridgehead atoms. The molecule has 3 rings (SSSR count). The number of rotatable bonds is 3. The van der Waals surface area contributed by atoms with Gasteiger partial charge in [-0.15, -0.1) is 0 Å². The molecule has 1 saturated heterocycles. The molecule has 1 unspecified atom stereocenters. The molecular weight excluding hydrogens is 242 g/mol. The van der Waals surface area contributed by atoms with Gasteiger partial charge in [0.2, 0.25) is 0 Å². The Hall–Kier alpha value is -1.69. The van der Waals surface area contributed by atoms with E-state index in [9.17, 15) is 0 Å². The van der Waals surface area contributed by atoms with Crippen LogP contribution < -0.4 is 5.32 Å². The van der Waals surface area contributed by atoms with Crippen LogP contribution in [0.5, 0.6) is 0 Å². The van der Waals surface area contributed by atoms with Gasteiger partial charge in [-0.1, -0.05) is 6.92 Å². The van der Waals surface area contributed by atoms with Gasteiger partial charge in [0.1, 0.15) is 5.82 Å². The molecule has 1 fully saturated rings. The highest BCUT2D eigenvalue weighted by molar-refractivity contribution is 5.81. The molecule has 2 aromatic rings. The number of likely N-dealkylation sites (tertiary alicyclic amines) is 1. The van der Waals surface area contributed by atoms with E-state index in [0.717, 1.165) is 37.4 Å². The van der Waals surface area contributed by atoms with Gasteiger partial charge in [0.15, 0.2) is 17.2 Å². The molecule has 19 heavy (non-hydrogen) atoms. The van der Waals surface area contributed by atoms with Crippen LogP contribution in [0.4, 0.5) is 5.82 Å². The SMILES string of the molecule is CCN1CCC(Nc2nc(C)nc3oc(C)nc23)C1. The molecule has 0 aromatic carbocycles. The first kappa shape index (κ1) is 12.3. The second kappa shape index (κ2) is 4.77. The van der Waals surface area contributed by atoms with E-state index in [0.29, 0.717) is 23.5 Å². The maximum absolute atomic E-state index is 5.48. The first-order valence-electron chi connectivity index (χ1n) is 6.76. The lowest BCUT2D eigenvalue weighted by atomic mass is 10.2. The Labute approximate surface area is 112 Å². The van der Waals surface area contributed by atoms with Crippen molar-refractivity contribution < 1.29 is 4.42 Å². The number of hydrogen-bond acceptors (Lipinski definition) is 6. The molecule has 6 nitrogen and oxygen atoms in total. The van der Waals surface area contributed by atoms with Crippen molar-refractivity contribution in [1.82, 2.24) is 19.9 Å². The van der Waals surface area contributed by atoms with Crippen molar-refractivity contribution in [1.29, 1.82) is 0 Å². The highest BCUT2D eigenvalue weighted by atomic mass is 16.4. The van der Waals surface area contributed by atoms with E-state index in [1.54, 1.807) is 0 Å². The summed E-state index contributed by atoms with van der Waals surface area (Å²) in [4.78, 5) is 15.5. The van der Waals surface area contributed by atoms with E-state index in [1.807, 2.05) is 13.8 Å². The summed E-state index contributed by atoms with van der Waals surface area (Å²) in [5.41, 5.74) is 1.30. The van der Waals surface area contributed by atoms with Crippen molar-refractivity contribution in [2.45, 2.75) is 33.2 Å². The molecule has 1 atom stereocenters. The normalized spacial score (nSPS) is 20.3. The lowest BCUT2D eigenvalue weighted by Gasteiger charge is -2.15. The van der Waals surface area contributed by atoms with Crippen LogP contribution in [0.2, 0.25) is 0 Å². The molecule has 0 spiro atoms. The fraction of sp³-hybridized carbons (Fsp3) is 0.615. The smallest absolute Gasteiger partial charge is 0.252 e. The van der Waals surface area contributed by atoms with E-state index >= 15 is 0 Å². The largest absolute Gasteiger partial charge is 0.422 e. The minimum absolute atomic E-state index is 0.425. The molecule has 1 aliphatic heterocycles. The summed E-state index contributed by atoms with van der Waals surface area (Å²) in [7, 11) is 0. The fourth-order valence-electron chi connectivity index (χ4n) is 2.56. The number of fused-ring (bicyclic) bond motifs is 1. The third kappa shape index (κ3) is 2.40. The number of likely N-dealkylation sites (N-methyl/N-ethyl adjacent to an activating group) is 1. The van der Waals surface area contributed by atoms with Gasteiger partial charge in [0, 0.05) is 26.1 Å². The average molecular weight is 261 g/mol. The van der Waals surface area contributed by atoms with Gasteiger partial charge >= 0.3 is 0 Å². The number of hydrogen-bond donors (Lipinski definition) is 1. The van der Waals surface area contributed by atoms with Gasteiger partial charge in [-0.3, -0.25) is 0 Å². The molecule has 102 valence electrons. The van der Waals surface area contributed by atoms with Crippen LogP contribution in [-0.2, 0) is 0 Å². The predicted molar refractivity (Wildman–Crippen MR) is 73.2 cm³/mol. The van der Waals surface area contributed by atoms with Gasteiger partial charge in [-0.05, 0) is 19.9 Å². The minimum Gasteiger partial charge on any atom is -0.422 e. The summed E-state index contributed by atoms with van der Waals surface area (Å²) in [6.45, 7) is 9.18. The van der Waals surface area contributed by atoms with Gasteiger partial charge in [-0.2, -0.15) is 4.98 Å². The molecule has 1 N–H and O–H groups in total. The first-order valence-corrected chi connectivity index (χ1v) is 6.76. The van der Waals surface area contributed by atoms with Crippen molar-refractivity contribution in [2.24, 2.45) is 0 Å². The van der Waals surface area contributed by atoms with Crippen LogP contribution in [0.25, 0.3) is 11.2 Å². The van der Waals surface area contributed by atoms with Crippen molar-refractivity contribution >= 4 is 17.0 Å². The van der Waals surface area contributed by atoms with Gasteiger partial charge in [0.25, 0.3) is 5.71 Å². The molecule has 2 aromatic heterocycles. The zero-order valence-corrected chi connectivity index (χ0v) is 11.6. The molecule has 0 saturated carbocycles. The summed E-state index contributed by atoms with van der Waals surface area (Å²) >= 11 is 0.